The van der Waals surface area contributed by atoms with Crippen molar-refractivity contribution < 1.29 is 19.8 Å². The summed E-state index contributed by atoms with van der Waals surface area (Å²) in [5.41, 5.74) is 3.26. The van der Waals surface area contributed by atoms with E-state index in [9.17, 15) is 19.8 Å². The molecule has 32 heavy (non-hydrogen) atoms. The molecular formula is C25H29N3O4. The molecular weight excluding hydrogens is 406 g/mol. The van der Waals surface area contributed by atoms with Gasteiger partial charge < -0.3 is 20.1 Å². The summed E-state index contributed by atoms with van der Waals surface area (Å²) < 4.78 is 1.86. The van der Waals surface area contributed by atoms with Gasteiger partial charge in [-0.05, 0) is 52.4 Å². The number of aliphatic hydroxyl groups excluding tert-OH is 1. The number of aromatic nitrogens is 2. The Hall–Kier alpha value is -3.45. The minimum Gasteiger partial charge on any atom is -0.481 e. The number of carbonyl (C=O) groups is 2. The van der Waals surface area contributed by atoms with Gasteiger partial charge in [0, 0.05) is 30.5 Å². The van der Waals surface area contributed by atoms with Crippen LogP contribution < -0.4 is 5.32 Å². The fraction of sp³-hybridized carbons (Fsp3) is 0.320. The van der Waals surface area contributed by atoms with Crippen molar-refractivity contribution in [3.8, 4) is 16.8 Å². The van der Waals surface area contributed by atoms with E-state index in [1.807, 2.05) is 67.9 Å². The summed E-state index contributed by atoms with van der Waals surface area (Å²) in [4.78, 5) is 28.4. The molecule has 0 saturated heterocycles. The SMILES string of the molecule is CC(C)(C)C(CO)NC(=O)C(CC(=O)O)c1ccn(-c2ccc(-c3ccncc3)cc2)c1. The highest BCUT2D eigenvalue weighted by Crippen LogP contribution is 2.26. The van der Waals surface area contributed by atoms with Crippen molar-refractivity contribution in [2.75, 3.05) is 6.61 Å². The zero-order valence-electron chi connectivity index (χ0n) is 18.5. The fourth-order valence-electron chi connectivity index (χ4n) is 3.50. The average Bonchev–Trinajstić information content (AvgIpc) is 3.25. The zero-order chi connectivity index (χ0) is 23.3. The number of amides is 1. The van der Waals surface area contributed by atoms with E-state index in [-0.39, 0.29) is 18.4 Å². The van der Waals surface area contributed by atoms with Gasteiger partial charge in [-0.3, -0.25) is 14.6 Å². The normalized spacial score (nSPS) is 13.4. The number of benzene rings is 1. The number of carboxylic acids is 1. The molecule has 168 valence electrons. The number of pyridine rings is 1. The Morgan fingerprint density at radius 2 is 1.66 bits per heavy atom. The van der Waals surface area contributed by atoms with Crippen LogP contribution in [0.4, 0.5) is 0 Å². The number of nitrogens with zero attached hydrogens (tertiary/aromatic N) is 2. The summed E-state index contributed by atoms with van der Waals surface area (Å²) in [7, 11) is 0. The molecule has 0 fully saturated rings. The maximum atomic E-state index is 12.9. The number of nitrogens with one attached hydrogen (secondary N) is 1. The van der Waals surface area contributed by atoms with Crippen LogP contribution in [0.1, 0.15) is 38.7 Å². The fourth-order valence-corrected chi connectivity index (χ4v) is 3.50. The average molecular weight is 436 g/mol. The smallest absolute Gasteiger partial charge is 0.304 e. The van der Waals surface area contributed by atoms with Crippen LogP contribution in [0.25, 0.3) is 16.8 Å². The van der Waals surface area contributed by atoms with Crippen molar-refractivity contribution in [1.29, 1.82) is 0 Å². The van der Waals surface area contributed by atoms with Gasteiger partial charge in [-0.15, -0.1) is 0 Å². The van der Waals surface area contributed by atoms with Crippen molar-refractivity contribution in [2.45, 2.75) is 39.2 Å². The van der Waals surface area contributed by atoms with Crippen LogP contribution in [-0.2, 0) is 9.59 Å². The van der Waals surface area contributed by atoms with E-state index in [1.54, 1.807) is 24.7 Å². The molecule has 3 rings (SSSR count). The van der Waals surface area contributed by atoms with E-state index in [0.29, 0.717) is 5.56 Å². The lowest BCUT2D eigenvalue weighted by Crippen LogP contribution is -2.48. The molecule has 0 aliphatic heterocycles. The number of rotatable bonds is 8. The molecule has 0 aliphatic rings. The van der Waals surface area contributed by atoms with Gasteiger partial charge in [-0.1, -0.05) is 32.9 Å². The predicted molar refractivity (Wildman–Crippen MR) is 122 cm³/mol. The summed E-state index contributed by atoms with van der Waals surface area (Å²) in [5, 5.41) is 21.8. The Kier molecular flexibility index (Phi) is 7.10. The van der Waals surface area contributed by atoms with Crippen molar-refractivity contribution >= 4 is 11.9 Å². The van der Waals surface area contributed by atoms with Crippen LogP contribution in [0.5, 0.6) is 0 Å². The summed E-state index contributed by atoms with van der Waals surface area (Å²) in [6.45, 7) is 5.51. The van der Waals surface area contributed by atoms with E-state index in [0.717, 1.165) is 16.8 Å². The molecule has 7 heteroatoms. The number of carbonyl (C=O) groups excluding carboxylic acids is 1. The molecule has 0 aliphatic carbocycles. The minimum absolute atomic E-state index is 0.222. The summed E-state index contributed by atoms with van der Waals surface area (Å²) in [5.74, 6) is -2.33. The van der Waals surface area contributed by atoms with Crippen LogP contribution in [0.15, 0.2) is 67.3 Å². The van der Waals surface area contributed by atoms with E-state index < -0.39 is 23.8 Å². The molecule has 2 heterocycles. The minimum atomic E-state index is -1.06. The highest BCUT2D eigenvalue weighted by atomic mass is 16.4. The third-order valence-corrected chi connectivity index (χ3v) is 5.54. The summed E-state index contributed by atoms with van der Waals surface area (Å²) in [6, 6.07) is 13.1. The lowest BCUT2D eigenvalue weighted by molar-refractivity contribution is -0.140. The van der Waals surface area contributed by atoms with Gasteiger partial charge in [0.05, 0.1) is 25.0 Å². The molecule has 1 amide bonds. The van der Waals surface area contributed by atoms with Crippen molar-refractivity contribution in [3.63, 3.8) is 0 Å². The van der Waals surface area contributed by atoms with E-state index >= 15 is 0 Å². The number of carboxylic acid groups (broad SMARTS) is 1. The molecule has 0 bridgehead atoms. The molecule has 0 spiro atoms. The molecule has 2 aromatic heterocycles. The van der Waals surface area contributed by atoms with Crippen LogP contribution in [0.2, 0.25) is 0 Å². The molecule has 1 aromatic carbocycles. The van der Waals surface area contributed by atoms with Gasteiger partial charge in [0.1, 0.15) is 0 Å². The van der Waals surface area contributed by atoms with Crippen molar-refractivity contribution in [1.82, 2.24) is 14.9 Å². The van der Waals surface area contributed by atoms with Crippen molar-refractivity contribution in [2.24, 2.45) is 5.41 Å². The van der Waals surface area contributed by atoms with Gasteiger partial charge in [0.25, 0.3) is 0 Å². The van der Waals surface area contributed by atoms with Crippen molar-refractivity contribution in [3.05, 3.63) is 72.8 Å². The highest BCUT2D eigenvalue weighted by Gasteiger charge is 2.31. The number of aliphatic hydroxyl groups is 1. The van der Waals surface area contributed by atoms with Crippen LogP contribution in [0.3, 0.4) is 0 Å². The molecule has 7 nitrogen and oxygen atoms in total. The first-order valence-electron chi connectivity index (χ1n) is 10.5. The second-order valence-corrected chi connectivity index (χ2v) is 8.90. The number of hydrogen-bond acceptors (Lipinski definition) is 4. The maximum absolute atomic E-state index is 12.9. The third-order valence-electron chi connectivity index (χ3n) is 5.54. The zero-order valence-corrected chi connectivity index (χ0v) is 18.5. The first-order valence-corrected chi connectivity index (χ1v) is 10.5. The Bertz CT molecular complexity index is 1050. The van der Waals surface area contributed by atoms with Gasteiger partial charge >= 0.3 is 5.97 Å². The van der Waals surface area contributed by atoms with Crippen LogP contribution in [-0.4, -0.2) is 44.3 Å². The lowest BCUT2D eigenvalue weighted by Gasteiger charge is -2.31. The topological polar surface area (TPSA) is 104 Å². The molecule has 0 radical (unpaired) electrons. The van der Waals surface area contributed by atoms with E-state index in [2.05, 4.69) is 10.3 Å². The van der Waals surface area contributed by atoms with Gasteiger partial charge in [0.15, 0.2) is 0 Å². The Morgan fingerprint density at radius 1 is 1.03 bits per heavy atom. The summed E-state index contributed by atoms with van der Waals surface area (Å²) >= 11 is 0. The molecule has 3 aromatic rings. The number of hydrogen-bond donors (Lipinski definition) is 3. The molecule has 2 atom stereocenters. The third kappa shape index (κ3) is 5.62. The Balaban J connectivity index is 1.82. The Morgan fingerprint density at radius 3 is 2.22 bits per heavy atom. The van der Waals surface area contributed by atoms with Gasteiger partial charge in [-0.25, -0.2) is 0 Å². The lowest BCUT2D eigenvalue weighted by atomic mass is 9.86. The van der Waals surface area contributed by atoms with Gasteiger partial charge in [-0.2, -0.15) is 0 Å². The summed E-state index contributed by atoms with van der Waals surface area (Å²) in [6.07, 6.45) is 6.75. The second kappa shape index (κ2) is 9.78. The van der Waals surface area contributed by atoms with Crippen LogP contribution >= 0.6 is 0 Å². The molecule has 0 saturated carbocycles. The number of aliphatic carboxylic acids is 1. The predicted octanol–water partition coefficient (Wildman–Crippen LogP) is 3.62. The maximum Gasteiger partial charge on any atom is 0.304 e. The standard InChI is InChI=1S/C25H29N3O4/c1-25(2,3)22(16-29)27-24(32)21(14-23(30)31)19-10-13-28(15-19)20-6-4-17(5-7-20)18-8-11-26-12-9-18/h4-13,15,21-22,29H,14,16H2,1-3H3,(H,27,32)(H,30,31). The van der Waals surface area contributed by atoms with E-state index in [1.165, 1.54) is 0 Å². The first-order chi connectivity index (χ1) is 15.2. The second-order valence-electron chi connectivity index (χ2n) is 8.90. The Labute approximate surface area is 187 Å². The first kappa shape index (κ1) is 23.2. The largest absolute Gasteiger partial charge is 0.481 e. The monoisotopic (exact) mass is 435 g/mol. The van der Waals surface area contributed by atoms with Gasteiger partial charge in [0.2, 0.25) is 5.91 Å². The quantitative estimate of drug-likeness (QED) is 0.501. The highest BCUT2D eigenvalue weighted by molar-refractivity contribution is 5.88. The van der Waals surface area contributed by atoms with E-state index in [4.69, 9.17) is 0 Å². The van der Waals surface area contributed by atoms with Crippen LogP contribution in [0, 0.1) is 5.41 Å². The molecule has 2 unspecified atom stereocenters. The molecule has 3 N–H and O–H groups in total.